The van der Waals surface area contributed by atoms with E-state index in [1.54, 1.807) is 18.2 Å². The summed E-state index contributed by atoms with van der Waals surface area (Å²) >= 11 is 0. The average Bonchev–Trinajstić information content (AvgIpc) is 3.42. The summed E-state index contributed by atoms with van der Waals surface area (Å²) in [4.78, 5) is 23.1. The van der Waals surface area contributed by atoms with Crippen molar-refractivity contribution in [3.63, 3.8) is 0 Å². The Bertz CT molecular complexity index is 848. The molecule has 2 aliphatic rings. The smallest absolute Gasteiger partial charge is 0.336 e. The monoisotopic (exact) mass is 328 g/mol. The second-order valence-electron chi connectivity index (χ2n) is 6.25. The molecule has 0 aromatic heterocycles. The van der Waals surface area contributed by atoms with E-state index in [-0.39, 0.29) is 17.8 Å². The standard InChI is InChI=1S/C18H16O6/c19-17(20)9-1-2-14-10(3-9)4-11(5-12-7-23-12)16(18(21)22)15(14)6-13-8-24-13/h1-4,12-13H,5-8H2,(H,19,20)(H,21,22). The molecule has 0 amide bonds. The molecule has 124 valence electrons. The van der Waals surface area contributed by atoms with Gasteiger partial charge in [-0.15, -0.1) is 0 Å². The van der Waals surface area contributed by atoms with E-state index in [0.29, 0.717) is 37.2 Å². The Hall–Kier alpha value is -2.44. The van der Waals surface area contributed by atoms with Gasteiger partial charge < -0.3 is 19.7 Å². The molecule has 24 heavy (non-hydrogen) atoms. The highest BCUT2D eigenvalue weighted by atomic mass is 16.6. The van der Waals surface area contributed by atoms with Crippen molar-refractivity contribution in [2.75, 3.05) is 13.2 Å². The van der Waals surface area contributed by atoms with E-state index in [2.05, 4.69) is 0 Å². The van der Waals surface area contributed by atoms with Gasteiger partial charge in [-0.05, 0) is 34.0 Å². The quantitative estimate of drug-likeness (QED) is 0.788. The topological polar surface area (TPSA) is 99.7 Å². The van der Waals surface area contributed by atoms with Gasteiger partial charge in [0.25, 0.3) is 0 Å². The van der Waals surface area contributed by atoms with E-state index in [1.165, 1.54) is 6.07 Å². The second-order valence-corrected chi connectivity index (χ2v) is 6.25. The molecule has 4 rings (SSSR count). The predicted molar refractivity (Wildman–Crippen MR) is 84.8 cm³/mol. The molecule has 0 spiro atoms. The summed E-state index contributed by atoms with van der Waals surface area (Å²) in [5.74, 6) is -1.97. The second kappa shape index (κ2) is 5.58. The number of rotatable bonds is 6. The zero-order valence-corrected chi connectivity index (χ0v) is 12.8. The molecule has 0 aliphatic carbocycles. The van der Waals surface area contributed by atoms with E-state index in [4.69, 9.17) is 9.47 Å². The van der Waals surface area contributed by atoms with Gasteiger partial charge in [0.15, 0.2) is 0 Å². The van der Waals surface area contributed by atoms with E-state index >= 15 is 0 Å². The molecule has 2 saturated heterocycles. The van der Waals surface area contributed by atoms with E-state index in [1.807, 2.05) is 0 Å². The van der Waals surface area contributed by atoms with Gasteiger partial charge in [0.05, 0.1) is 36.5 Å². The molecule has 2 aliphatic heterocycles. The molecular weight excluding hydrogens is 312 g/mol. The lowest BCUT2D eigenvalue weighted by Crippen LogP contribution is -2.12. The third kappa shape index (κ3) is 2.86. The van der Waals surface area contributed by atoms with Gasteiger partial charge in [0, 0.05) is 12.8 Å². The molecule has 2 aromatic carbocycles. The minimum absolute atomic E-state index is 0.0397. The number of fused-ring (bicyclic) bond motifs is 1. The van der Waals surface area contributed by atoms with E-state index < -0.39 is 11.9 Å². The van der Waals surface area contributed by atoms with Crippen LogP contribution in [0.1, 0.15) is 31.8 Å². The fraction of sp³-hybridized carbons (Fsp3) is 0.333. The van der Waals surface area contributed by atoms with Crippen LogP contribution in [0, 0.1) is 0 Å². The summed E-state index contributed by atoms with van der Waals surface area (Å²) in [5.41, 5.74) is 1.90. The van der Waals surface area contributed by atoms with Crippen LogP contribution >= 0.6 is 0 Å². The number of benzene rings is 2. The van der Waals surface area contributed by atoms with Crippen molar-refractivity contribution in [3.8, 4) is 0 Å². The minimum atomic E-state index is -1.00. The first-order chi connectivity index (χ1) is 11.5. The zero-order chi connectivity index (χ0) is 16.8. The number of carboxylic acid groups (broad SMARTS) is 2. The number of ether oxygens (including phenoxy) is 2. The van der Waals surface area contributed by atoms with Gasteiger partial charge in [-0.3, -0.25) is 0 Å². The van der Waals surface area contributed by atoms with Gasteiger partial charge in [-0.1, -0.05) is 12.1 Å². The van der Waals surface area contributed by atoms with Gasteiger partial charge in [0.1, 0.15) is 0 Å². The molecule has 6 nitrogen and oxygen atoms in total. The number of hydrogen-bond donors (Lipinski definition) is 2. The number of carbonyl (C=O) groups is 2. The predicted octanol–water partition coefficient (Wildman–Crippen LogP) is 2.12. The highest BCUT2D eigenvalue weighted by molar-refractivity contribution is 6.02. The normalized spacial score (nSPS) is 21.7. The van der Waals surface area contributed by atoms with Crippen molar-refractivity contribution in [1.82, 2.24) is 0 Å². The lowest BCUT2D eigenvalue weighted by Gasteiger charge is -2.15. The Labute approximate surface area is 137 Å². The zero-order valence-electron chi connectivity index (χ0n) is 12.8. The van der Waals surface area contributed by atoms with Crippen molar-refractivity contribution >= 4 is 22.7 Å². The first-order valence-corrected chi connectivity index (χ1v) is 7.81. The van der Waals surface area contributed by atoms with Crippen LogP contribution in [0.4, 0.5) is 0 Å². The highest BCUT2D eigenvalue weighted by Crippen LogP contribution is 2.32. The van der Waals surface area contributed by atoms with Crippen molar-refractivity contribution in [3.05, 3.63) is 46.5 Å². The van der Waals surface area contributed by atoms with Crippen molar-refractivity contribution in [2.24, 2.45) is 0 Å². The molecule has 2 fully saturated rings. The van der Waals surface area contributed by atoms with Gasteiger partial charge in [0.2, 0.25) is 0 Å². The first kappa shape index (κ1) is 15.1. The van der Waals surface area contributed by atoms with Crippen LogP contribution in [0.2, 0.25) is 0 Å². The average molecular weight is 328 g/mol. The van der Waals surface area contributed by atoms with Crippen LogP contribution in [0.3, 0.4) is 0 Å². The van der Waals surface area contributed by atoms with Crippen molar-refractivity contribution in [1.29, 1.82) is 0 Å². The first-order valence-electron chi connectivity index (χ1n) is 7.81. The lowest BCUT2D eigenvalue weighted by molar-refractivity contribution is 0.0684. The van der Waals surface area contributed by atoms with Crippen LogP contribution in [0.15, 0.2) is 24.3 Å². The lowest BCUT2D eigenvalue weighted by atomic mass is 9.89. The third-order valence-electron chi connectivity index (χ3n) is 4.47. The summed E-state index contributed by atoms with van der Waals surface area (Å²) in [6, 6.07) is 6.58. The Morgan fingerprint density at radius 2 is 1.67 bits per heavy atom. The summed E-state index contributed by atoms with van der Waals surface area (Å²) < 4.78 is 10.5. The fourth-order valence-corrected chi connectivity index (χ4v) is 3.16. The number of hydrogen-bond acceptors (Lipinski definition) is 4. The summed E-state index contributed by atoms with van der Waals surface area (Å²) in [6.07, 6.45) is 1.13. The molecular formula is C18H16O6. The Kier molecular flexibility index (Phi) is 3.51. The van der Waals surface area contributed by atoms with Crippen LogP contribution in [0.25, 0.3) is 10.8 Å². The number of carboxylic acids is 2. The Morgan fingerprint density at radius 3 is 2.25 bits per heavy atom. The molecule has 2 atom stereocenters. The SMILES string of the molecule is O=C(O)c1ccc2c(CC3CO3)c(C(=O)O)c(CC3CO3)cc2c1. The Morgan fingerprint density at radius 1 is 1.00 bits per heavy atom. The molecule has 2 heterocycles. The molecule has 0 radical (unpaired) electrons. The Balaban J connectivity index is 1.93. The molecule has 2 unspecified atom stereocenters. The van der Waals surface area contributed by atoms with Crippen LogP contribution < -0.4 is 0 Å². The summed E-state index contributed by atoms with van der Waals surface area (Å²) in [7, 11) is 0. The number of aromatic carboxylic acids is 2. The summed E-state index contributed by atoms with van der Waals surface area (Å²) in [5, 5.41) is 20.5. The molecule has 2 N–H and O–H groups in total. The van der Waals surface area contributed by atoms with Crippen LogP contribution in [-0.4, -0.2) is 47.6 Å². The van der Waals surface area contributed by atoms with Gasteiger partial charge in [-0.2, -0.15) is 0 Å². The van der Waals surface area contributed by atoms with E-state index in [0.717, 1.165) is 16.3 Å². The third-order valence-corrected chi connectivity index (χ3v) is 4.47. The minimum Gasteiger partial charge on any atom is -0.478 e. The largest absolute Gasteiger partial charge is 0.478 e. The van der Waals surface area contributed by atoms with Crippen LogP contribution in [0.5, 0.6) is 0 Å². The highest BCUT2D eigenvalue weighted by Gasteiger charge is 2.31. The van der Waals surface area contributed by atoms with Crippen molar-refractivity contribution < 1.29 is 29.3 Å². The van der Waals surface area contributed by atoms with Gasteiger partial charge in [-0.25, -0.2) is 9.59 Å². The van der Waals surface area contributed by atoms with Crippen molar-refractivity contribution in [2.45, 2.75) is 25.0 Å². The molecule has 0 bridgehead atoms. The van der Waals surface area contributed by atoms with Gasteiger partial charge >= 0.3 is 11.9 Å². The molecule has 0 saturated carbocycles. The molecule has 2 aromatic rings. The van der Waals surface area contributed by atoms with E-state index in [9.17, 15) is 19.8 Å². The maximum Gasteiger partial charge on any atom is 0.336 e. The number of epoxide rings is 2. The molecule has 6 heteroatoms. The maximum absolute atomic E-state index is 11.9. The van der Waals surface area contributed by atoms with Crippen LogP contribution in [-0.2, 0) is 22.3 Å². The maximum atomic E-state index is 11.9. The summed E-state index contributed by atoms with van der Waals surface area (Å²) in [6.45, 7) is 1.26. The fourth-order valence-electron chi connectivity index (χ4n) is 3.16.